The first-order valence-corrected chi connectivity index (χ1v) is 10.8. The number of fused-ring (bicyclic) bond motifs is 1. The number of halogens is 2. The number of anilines is 2. The molecule has 1 aromatic carbocycles. The molecule has 1 fully saturated rings. The fraction of sp³-hybridized carbons (Fsp3) is 0.455. The number of nitrogens with one attached hydrogen (secondary N) is 1. The van der Waals surface area contributed by atoms with Crippen molar-refractivity contribution in [3.63, 3.8) is 0 Å². The Morgan fingerprint density at radius 3 is 2.73 bits per heavy atom. The van der Waals surface area contributed by atoms with E-state index in [1.807, 2.05) is 12.1 Å². The van der Waals surface area contributed by atoms with Crippen LogP contribution in [0.4, 0.5) is 15.9 Å². The van der Waals surface area contributed by atoms with Gasteiger partial charge in [0.2, 0.25) is 11.8 Å². The number of pyridine rings is 1. The van der Waals surface area contributed by atoms with E-state index in [-0.39, 0.29) is 11.7 Å². The minimum Gasteiger partial charge on any atom is -0.478 e. The Kier molecular flexibility index (Phi) is 6.69. The number of amides is 1. The number of carbonyl (C=O) groups is 1. The highest BCUT2D eigenvalue weighted by molar-refractivity contribution is 6.33. The van der Waals surface area contributed by atoms with Crippen molar-refractivity contribution >= 4 is 29.0 Å². The molecule has 1 N–H and O–H groups in total. The van der Waals surface area contributed by atoms with Gasteiger partial charge in [0.15, 0.2) is 0 Å². The van der Waals surface area contributed by atoms with Crippen LogP contribution >= 0.6 is 11.6 Å². The first kappa shape index (κ1) is 20.9. The summed E-state index contributed by atoms with van der Waals surface area (Å²) in [5.41, 5.74) is 1.96. The predicted molar refractivity (Wildman–Crippen MR) is 116 cm³/mol. The first-order chi connectivity index (χ1) is 14.6. The molecule has 8 heteroatoms. The Bertz CT molecular complexity index is 903. The summed E-state index contributed by atoms with van der Waals surface area (Å²) in [4.78, 5) is 20.5. The normalized spacial score (nSPS) is 16.9. The van der Waals surface area contributed by atoms with Gasteiger partial charge < -0.3 is 15.0 Å². The molecule has 4 rings (SSSR count). The van der Waals surface area contributed by atoms with Gasteiger partial charge in [0.05, 0.1) is 17.3 Å². The molecular weight excluding hydrogens is 407 g/mol. The molecule has 0 unspecified atom stereocenters. The summed E-state index contributed by atoms with van der Waals surface area (Å²) in [5, 5.41) is 3.27. The zero-order valence-corrected chi connectivity index (χ0v) is 17.6. The van der Waals surface area contributed by atoms with Crippen molar-refractivity contribution in [1.82, 2.24) is 9.88 Å². The zero-order chi connectivity index (χ0) is 20.9. The molecule has 2 aliphatic rings. The Morgan fingerprint density at radius 2 is 1.93 bits per heavy atom. The Hall–Kier alpha value is -2.38. The van der Waals surface area contributed by atoms with Crippen LogP contribution in [0.5, 0.6) is 5.88 Å². The molecule has 0 spiro atoms. The van der Waals surface area contributed by atoms with Crippen LogP contribution in [0.2, 0.25) is 5.02 Å². The highest BCUT2D eigenvalue weighted by Crippen LogP contribution is 2.27. The van der Waals surface area contributed by atoms with E-state index in [2.05, 4.69) is 20.1 Å². The number of benzene rings is 1. The molecule has 2 aliphatic heterocycles. The lowest BCUT2D eigenvalue weighted by molar-refractivity contribution is -0.116. The molecule has 0 bridgehead atoms. The topological polar surface area (TPSA) is 57.7 Å². The third kappa shape index (κ3) is 5.21. The van der Waals surface area contributed by atoms with Crippen molar-refractivity contribution in [3.8, 4) is 5.88 Å². The maximum Gasteiger partial charge on any atom is 0.225 e. The highest BCUT2D eigenvalue weighted by Gasteiger charge is 2.19. The van der Waals surface area contributed by atoms with Gasteiger partial charge in [-0.25, -0.2) is 4.39 Å². The van der Waals surface area contributed by atoms with E-state index in [1.54, 1.807) is 6.07 Å². The minimum atomic E-state index is -0.306. The maximum absolute atomic E-state index is 13.2. The van der Waals surface area contributed by atoms with Gasteiger partial charge in [0.25, 0.3) is 0 Å². The average molecular weight is 433 g/mol. The second-order valence-electron chi connectivity index (χ2n) is 7.69. The van der Waals surface area contributed by atoms with Crippen molar-refractivity contribution in [2.75, 3.05) is 49.5 Å². The van der Waals surface area contributed by atoms with Crippen LogP contribution in [0, 0.1) is 5.82 Å². The number of aryl methyl sites for hydroxylation is 1. The largest absolute Gasteiger partial charge is 0.478 e. The molecule has 1 saturated heterocycles. The Labute approximate surface area is 181 Å². The molecule has 1 aromatic heterocycles. The van der Waals surface area contributed by atoms with Gasteiger partial charge in [-0.15, -0.1) is 0 Å². The quantitative estimate of drug-likeness (QED) is 0.675. The third-order valence-electron chi connectivity index (χ3n) is 5.57. The van der Waals surface area contributed by atoms with Crippen LogP contribution in [0.25, 0.3) is 0 Å². The molecule has 0 atom stereocenters. The maximum atomic E-state index is 13.2. The van der Waals surface area contributed by atoms with Gasteiger partial charge in [0.1, 0.15) is 11.6 Å². The van der Waals surface area contributed by atoms with Crippen LogP contribution in [0.3, 0.4) is 0 Å². The molecule has 2 aromatic rings. The number of ether oxygens (including phenoxy) is 1. The summed E-state index contributed by atoms with van der Waals surface area (Å²) in [5.74, 6) is 0.887. The number of carbonyl (C=O) groups excluding carboxylic acids is 1. The molecule has 30 heavy (non-hydrogen) atoms. The van der Waals surface area contributed by atoms with Gasteiger partial charge in [-0.1, -0.05) is 11.6 Å². The summed E-state index contributed by atoms with van der Waals surface area (Å²) in [6, 6.07) is 8.43. The second kappa shape index (κ2) is 9.62. The molecule has 0 aliphatic carbocycles. The summed E-state index contributed by atoms with van der Waals surface area (Å²) >= 11 is 6.18. The molecule has 0 radical (unpaired) electrons. The fourth-order valence-corrected chi connectivity index (χ4v) is 4.15. The van der Waals surface area contributed by atoms with Crippen LogP contribution in [0.15, 0.2) is 30.3 Å². The molecule has 160 valence electrons. The second-order valence-corrected chi connectivity index (χ2v) is 8.09. The molecule has 0 saturated carbocycles. The zero-order valence-electron chi connectivity index (χ0n) is 16.9. The number of nitrogens with zero attached hydrogens (tertiary/aromatic N) is 3. The van der Waals surface area contributed by atoms with Gasteiger partial charge in [-0.3, -0.25) is 9.69 Å². The standard InChI is InChI=1S/C22H26ClFN4O2/c23-18-15-17(24)5-6-19(18)28-12-10-27(11-13-28)9-1-2-14-30-21-8-4-16-3-7-20(29)25-22(16)26-21/h4-6,8,15H,1-3,7,9-14H2,(H,25,26,29). The summed E-state index contributed by atoms with van der Waals surface area (Å²) in [7, 11) is 0. The summed E-state index contributed by atoms with van der Waals surface area (Å²) < 4.78 is 19.0. The third-order valence-corrected chi connectivity index (χ3v) is 5.88. The molecular formula is C22H26ClFN4O2. The van der Waals surface area contributed by atoms with Crippen molar-refractivity contribution < 1.29 is 13.9 Å². The van der Waals surface area contributed by atoms with Gasteiger partial charge in [-0.2, -0.15) is 4.98 Å². The molecule has 1 amide bonds. The van der Waals surface area contributed by atoms with Crippen molar-refractivity contribution in [3.05, 3.63) is 46.7 Å². The van der Waals surface area contributed by atoms with Gasteiger partial charge >= 0.3 is 0 Å². The lowest BCUT2D eigenvalue weighted by Gasteiger charge is -2.36. The summed E-state index contributed by atoms with van der Waals surface area (Å²) in [6.45, 7) is 5.30. The number of piperazine rings is 1. The minimum absolute atomic E-state index is 0.00828. The van der Waals surface area contributed by atoms with E-state index in [0.717, 1.165) is 63.2 Å². The lowest BCUT2D eigenvalue weighted by Crippen LogP contribution is -2.46. The van der Waals surface area contributed by atoms with Gasteiger partial charge in [-0.05, 0) is 55.6 Å². The number of hydrogen-bond acceptors (Lipinski definition) is 5. The van der Waals surface area contributed by atoms with Crippen LogP contribution in [0.1, 0.15) is 24.8 Å². The number of rotatable bonds is 7. The van der Waals surface area contributed by atoms with Crippen LogP contribution < -0.4 is 15.0 Å². The fourth-order valence-electron chi connectivity index (χ4n) is 3.87. The van der Waals surface area contributed by atoms with E-state index in [4.69, 9.17) is 16.3 Å². The Balaban J connectivity index is 1.15. The number of unbranched alkanes of at least 4 members (excludes halogenated alkanes) is 1. The van der Waals surface area contributed by atoms with Gasteiger partial charge in [0, 0.05) is 38.7 Å². The van der Waals surface area contributed by atoms with Crippen molar-refractivity contribution in [2.45, 2.75) is 25.7 Å². The van der Waals surface area contributed by atoms with E-state index >= 15 is 0 Å². The van der Waals surface area contributed by atoms with Crippen LogP contribution in [-0.2, 0) is 11.2 Å². The Morgan fingerprint density at radius 1 is 1.10 bits per heavy atom. The first-order valence-electron chi connectivity index (χ1n) is 10.4. The molecule has 3 heterocycles. The van der Waals surface area contributed by atoms with Crippen LogP contribution in [-0.4, -0.2) is 55.1 Å². The number of aromatic nitrogens is 1. The molecule has 6 nitrogen and oxygen atoms in total. The monoisotopic (exact) mass is 432 g/mol. The van der Waals surface area contributed by atoms with Crippen molar-refractivity contribution in [2.24, 2.45) is 0 Å². The SMILES string of the molecule is O=C1CCc2ccc(OCCCCN3CCN(c4ccc(F)cc4Cl)CC3)nc2N1. The smallest absolute Gasteiger partial charge is 0.225 e. The summed E-state index contributed by atoms with van der Waals surface area (Å²) in [6.07, 6.45) is 3.23. The average Bonchev–Trinajstić information content (AvgIpc) is 2.74. The van der Waals surface area contributed by atoms with E-state index < -0.39 is 0 Å². The van der Waals surface area contributed by atoms with Crippen molar-refractivity contribution in [1.29, 1.82) is 0 Å². The number of hydrogen-bond donors (Lipinski definition) is 1. The highest BCUT2D eigenvalue weighted by atomic mass is 35.5. The van der Waals surface area contributed by atoms with E-state index in [9.17, 15) is 9.18 Å². The predicted octanol–water partition coefficient (Wildman–Crippen LogP) is 3.74. The van der Waals surface area contributed by atoms with E-state index in [1.165, 1.54) is 12.1 Å². The van der Waals surface area contributed by atoms with E-state index in [0.29, 0.717) is 29.7 Å². The lowest BCUT2D eigenvalue weighted by atomic mass is 10.1.